The first-order valence-electron chi connectivity index (χ1n) is 2.19. The minimum absolute atomic E-state index is 0.837. The Morgan fingerprint density at radius 1 is 1.86 bits per heavy atom. The second-order valence-electron chi connectivity index (χ2n) is 1.39. The molecular weight excluding hydrogens is 92.1 g/mol. The van der Waals surface area contributed by atoms with Crippen LogP contribution in [0.5, 0.6) is 0 Å². The first-order chi connectivity index (χ1) is 3.39. The lowest BCUT2D eigenvalue weighted by Crippen LogP contribution is -2.43. The summed E-state index contributed by atoms with van der Waals surface area (Å²) >= 11 is 0. The average molecular weight is 100 g/mol. The molecule has 0 saturated carbocycles. The van der Waals surface area contributed by atoms with Gasteiger partial charge in [0, 0.05) is 19.2 Å². The Morgan fingerprint density at radius 3 is 3.00 bits per heavy atom. The number of hydrogen-bond acceptors (Lipinski definition) is 4. The predicted molar refractivity (Wildman–Crippen MR) is 27.1 cm³/mol. The Kier molecular flexibility index (Phi) is 1.24. The van der Waals surface area contributed by atoms with Crippen LogP contribution in [-0.2, 0) is 0 Å². The highest BCUT2D eigenvalue weighted by atomic mass is 15.8. The van der Waals surface area contributed by atoms with E-state index in [1.54, 1.807) is 6.21 Å². The van der Waals surface area contributed by atoms with Gasteiger partial charge < -0.3 is 0 Å². The molecule has 1 aliphatic rings. The highest BCUT2D eigenvalue weighted by Crippen LogP contribution is 1.81. The number of hydrogen-bond donors (Lipinski definition) is 2. The van der Waals surface area contributed by atoms with Crippen molar-refractivity contribution in [3.8, 4) is 0 Å². The molecule has 0 aliphatic carbocycles. The number of rotatable bonds is 0. The monoisotopic (exact) mass is 100 g/mol. The molecule has 0 aromatic heterocycles. The Balaban J connectivity index is 2.32. The average Bonchev–Trinajstić information content (AvgIpc) is 1.69. The largest absolute Gasteiger partial charge is 0.249 e. The van der Waals surface area contributed by atoms with Gasteiger partial charge in [-0.2, -0.15) is 5.10 Å². The van der Waals surface area contributed by atoms with Gasteiger partial charge in [0.15, 0.2) is 0 Å². The predicted octanol–water partition coefficient (Wildman–Crippen LogP) is -0.944. The van der Waals surface area contributed by atoms with Gasteiger partial charge in [-0.05, 0) is 0 Å². The third kappa shape index (κ3) is 1.13. The third-order valence-electron chi connectivity index (χ3n) is 0.777. The van der Waals surface area contributed by atoms with E-state index in [0.717, 1.165) is 13.0 Å². The van der Waals surface area contributed by atoms with Crippen molar-refractivity contribution in [3.05, 3.63) is 0 Å². The van der Waals surface area contributed by atoms with E-state index >= 15 is 0 Å². The normalized spacial score (nSPS) is 21.9. The minimum atomic E-state index is 0.837. The minimum Gasteiger partial charge on any atom is -0.249 e. The van der Waals surface area contributed by atoms with Crippen molar-refractivity contribution in [2.75, 3.05) is 6.54 Å². The zero-order valence-electron chi connectivity index (χ0n) is 3.96. The van der Waals surface area contributed by atoms with Crippen molar-refractivity contribution < 1.29 is 0 Å². The van der Waals surface area contributed by atoms with Gasteiger partial charge in [-0.1, -0.05) is 0 Å². The van der Waals surface area contributed by atoms with Crippen molar-refractivity contribution in [2.24, 2.45) is 10.9 Å². The molecule has 0 unspecified atom stereocenters. The van der Waals surface area contributed by atoms with Crippen LogP contribution in [0.1, 0.15) is 6.42 Å². The lowest BCUT2D eigenvalue weighted by atomic mass is 10.5. The topological polar surface area (TPSA) is 53.6 Å². The molecule has 1 rings (SSSR count). The van der Waals surface area contributed by atoms with E-state index in [4.69, 9.17) is 5.84 Å². The third-order valence-corrected chi connectivity index (χ3v) is 0.777. The Hall–Kier alpha value is -0.610. The lowest BCUT2D eigenvalue weighted by molar-refractivity contribution is 0.193. The molecule has 0 radical (unpaired) electrons. The molecule has 1 aliphatic heterocycles. The molecule has 0 amide bonds. The van der Waals surface area contributed by atoms with Crippen molar-refractivity contribution in [1.82, 2.24) is 10.7 Å². The van der Waals surface area contributed by atoms with Crippen LogP contribution >= 0.6 is 0 Å². The molecule has 0 aromatic carbocycles. The van der Waals surface area contributed by atoms with Crippen molar-refractivity contribution >= 4 is 6.21 Å². The molecule has 0 bridgehead atoms. The van der Waals surface area contributed by atoms with E-state index in [-0.39, 0.29) is 0 Å². The van der Waals surface area contributed by atoms with Gasteiger partial charge in [-0.25, -0.2) is 11.4 Å². The Morgan fingerprint density at radius 2 is 2.71 bits per heavy atom. The van der Waals surface area contributed by atoms with Crippen LogP contribution in [0, 0.1) is 0 Å². The van der Waals surface area contributed by atoms with E-state index in [1.807, 2.05) is 0 Å². The number of nitrogens with two attached hydrogens (primary N) is 1. The highest BCUT2D eigenvalue weighted by Gasteiger charge is 1.95. The fourth-order valence-electron chi connectivity index (χ4n) is 0.426. The van der Waals surface area contributed by atoms with Gasteiger partial charge in [0.25, 0.3) is 0 Å². The highest BCUT2D eigenvalue weighted by molar-refractivity contribution is 5.57. The molecule has 40 valence electrons. The van der Waals surface area contributed by atoms with E-state index in [0.29, 0.717) is 0 Å². The molecule has 4 heteroatoms. The fraction of sp³-hybridized carbons (Fsp3) is 0.667. The van der Waals surface area contributed by atoms with Crippen LogP contribution in [-0.4, -0.2) is 17.9 Å². The maximum atomic E-state index is 5.24. The smallest absolute Gasteiger partial charge is 0.0401 e. The molecule has 0 atom stereocenters. The summed E-state index contributed by atoms with van der Waals surface area (Å²) in [5.41, 5.74) is 2.56. The molecule has 0 fully saturated rings. The van der Waals surface area contributed by atoms with Gasteiger partial charge in [-0.15, -0.1) is 5.12 Å². The van der Waals surface area contributed by atoms with Crippen molar-refractivity contribution in [3.63, 3.8) is 0 Å². The first kappa shape index (κ1) is 4.55. The molecule has 0 spiro atoms. The lowest BCUT2D eigenvalue weighted by Gasteiger charge is -2.16. The van der Waals surface area contributed by atoms with Crippen LogP contribution < -0.4 is 11.4 Å². The standard InChI is InChI=1S/C3H8N4/c4-7-3-1-2-5-6-7/h2,6H,1,3-4H2. The molecule has 0 aromatic rings. The SMILES string of the molecule is NN1CCC=NN1. The molecule has 7 heavy (non-hydrogen) atoms. The first-order valence-corrected chi connectivity index (χ1v) is 2.19. The Labute approximate surface area is 41.9 Å². The number of hydrazine groups is 2. The van der Waals surface area contributed by atoms with Crippen LogP contribution in [0.2, 0.25) is 0 Å². The summed E-state index contributed by atoms with van der Waals surface area (Å²) in [7, 11) is 0. The second-order valence-corrected chi connectivity index (χ2v) is 1.39. The Bertz CT molecular complexity index is 79.0. The zero-order valence-corrected chi connectivity index (χ0v) is 3.96. The summed E-state index contributed by atoms with van der Waals surface area (Å²) in [5.74, 6) is 5.24. The number of nitrogens with zero attached hydrogens (tertiary/aromatic N) is 2. The van der Waals surface area contributed by atoms with Gasteiger partial charge in [0.2, 0.25) is 0 Å². The fourth-order valence-corrected chi connectivity index (χ4v) is 0.426. The van der Waals surface area contributed by atoms with Crippen LogP contribution in [0.3, 0.4) is 0 Å². The molecule has 4 nitrogen and oxygen atoms in total. The summed E-state index contributed by atoms with van der Waals surface area (Å²) in [6.45, 7) is 0.837. The summed E-state index contributed by atoms with van der Waals surface area (Å²) in [6.07, 6.45) is 2.73. The molecule has 3 N–H and O–H groups in total. The summed E-state index contributed by atoms with van der Waals surface area (Å²) in [4.78, 5) is 0. The molecule has 1 heterocycles. The molecular formula is C3H8N4. The van der Waals surface area contributed by atoms with Crippen LogP contribution in [0.15, 0.2) is 5.10 Å². The van der Waals surface area contributed by atoms with Crippen molar-refractivity contribution in [1.29, 1.82) is 0 Å². The van der Waals surface area contributed by atoms with E-state index in [2.05, 4.69) is 10.6 Å². The van der Waals surface area contributed by atoms with E-state index in [1.165, 1.54) is 5.12 Å². The van der Waals surface area contributed by atoms with E-state index < -0.39 is 0 Å². The van der Waals surface area contributed by atoms with Gasteiger partial charge in [0.1, 0.15) is 0 Å². The van der Waals surface area contributed by atoms with Gasteiger partial charge >= 0.3 is 0 Å². The second kappa shape index (κ2) is 1.90. The summed E-state index contributed by atoms with van der Waals surface area (Å²) < 4.78 is 0. The molecule has 0 saturated heterocycles. The number of hydrazone groups is 1. The quantitative estimate of drug-likeness (QED) is 0.386. The van der Waals surface area contributed by atoms with Gasteiger partial charge in [-0.3, -0.25) is 0 Å². The van der Waals surface area contributed by atoms with Crippen LogP contribution in [0.4, 0.5) is 0 Å². The summed E-state index contributed by atoms with van der Waals surface area (Å²) in [6, 6.07) is 0. The van der Waals surface area contributed by atoms with Gasteiger partial charge in [0.05, 0.1) is 0 Å². The van der Waals surface area contributed by atoms with Crippen molar-refractivity contribution in [2.45, 2.75) is 6.42 Å². The summed E-state index contributed by atoms with van der Waals surface area (Å²) in [5, 5.41) is 5.13. The maximum Gasteiger partial charge on any atom is 0.0401 e. The zero-order chi connectivity index (χ0) is 5.11. The van der Waals surface area contributed by atoms with E-state index in [9.17, 15) is 0 Å². The number of nitrogens with one attached hydrogen (secondary N) is 1. The maximum absolute atomic E-state index is 5.24. The van der Waals surface area contributed by atoms with Crippen LogP contribution in [0.25, 0.3) is 0 Å².